The van der Waals surface area contributed by atoms with Crippen molar-refractivity contribution in [1.82, 2.24) is 9.80 Å². The summed E-state index contributed by atoms with van der Waals surface area (Å²) in [6.07, 6.45) is 2.89. The average molecular weight is 434 g/mol. The maximum Gasteiger partial charge on any atom is 0.277 e. The molecule has 0 aliphatic carbocycles. The quantitative estimate of drug-likeness (QED) is 0.468. The molecule has 0 N–H and O–H groups in total. The van der Waals surface area contributed by atoms with E-state index in [2.05, 4.69) is 22.8 Å². The Hall–Kier alpha value is -3.28. The van der Waals surface area contributed by atoms with Gasteiger partial charge >= 0.3 is 0 Å². The fourth-order valence-corrected chi connectivity index (χ4v) is 4.51. The summed E-state index contributed by atoms with van der Waals surface area (Å²) in [5.74, 6) is 0.523. The largest absolute Gasteiger partial charge is 0.495 e. The van der Waals surface area contributed by atoms with Gasteiger partial charge in [0, 0.05) is 32.7 Å². The number of hydrogen-bond acceptors (Lipinski definition) is 5. The Balaban J connectivity index is 1.59. The maximum atomic E-state index is 13.4. The molecule has 1 saturated heterocycles. The minimum absolute atomic E-state index is 0.157. The Morgan fingerprint density at radius 1 is 0.812 bits per heavy atom. The van der Waals surface area contributed by atoms with E-state index < -0.39 is 0 Å². The van der Waals surface area contributed by atoms with Crippen LogP contribution in [-0.2, 0) is 9.59 Å². The summed E-state index contributed by atoms with van der Waals surface area (Å²) in [5.41, 5.74) is 2.96. The molecule has 2 aromatic rings. The van der Waals surface area contributed by atoms with Crippen LogP contribution in [-0.4, -0.2) is 61.4 Å². The normalized spacial score (nSPS) is 16.9. The smallest absolute Gasteiger partial charge is 0.277 e. The Kier molecular flexibility index (Phi) is 6.78. The van der Waals surface area contributed by atoms with Crippen molar-refractivity contribution in [2.45, 2.75) is 26.2 Å². The van der Waals surface area contributed by atoms with Crippen molar-refractivity contribution in [2.75, 3.05) is 44.7 Å². The lowest BCUT2D eigenvalue weighted by Gasteiger charge is -2.38. The van der Waals surface area contributed by atoms with Gasteiger partial charge in [-0.3, -0.25) is 14.5 Å². The average Bonchev–Trinajstić information content (AvgIpc) is 3.09. The van der Waals surface area contributed by atoms with Crippen LogP contribution in [0.5, 0.6) is 5.75 Å². The first-order chi connectivity index (χ1) is 15.7. The molecule has 0 spiro atoms. The van der Waals surface area contributed by atoms with E-state index in [0.717, 1.165) is 49.4 Å². The number of hydrogen-bond donors (Lipinski definition) is 0. The second kappa shape index (κ2) is 9.90. The first-order valence-electron chi connectivity index (χ1n) is 11.4. The minimum atomic E-state index is -0.167. The van der Waals surface area contributed by atoms with E-state index in [-0.39, 0.29) is 11.8 Å². The summed E-state index contributed by atoms with van der Waals surface area (Å²) in [6, 6.07) is 17.6. The highest BCUT2D eigenvalue weighted by Gasteiger charge is 2.41. The summed E-state index contributed by atoms with van der Waals surface area (Å²) in [4.78, 5) is 32.6. The molecule has 0 radical (unpaired) electrons. The number of piperazine rings is 1. The van der Waals surface area contributed by atoms with Gasteiger partial charge in [-0.15, -0.1) is 0 Å². The van der Waals surface area contributed by atoms with E-state index >= 15 is 0 Å². The first kappa shape index (κ1) is 21.9. The second-order valence-electron chi connectivity index (χ2n) is 8.20. The predicted molar refractivity (Wildman–Crippen MR) is 126 cm³/mol. The zero-order valence-electron chi connectivity index (χ0n) is 18.9. The van der Waals surface area contributed by atoms with Crippen LogP contribution in [0.1, 0.15) is 31.7 Å². The fourth-order valence-electron chi connectivity index (χ4n) is 4.51. The van der Waals surface area contributed by atoms with Crippen LogP contribution in [0.15, 0.2) is 60.3 Å². The van der Waals surface area contributed by atoms with Gasteiger partial charge in [-0.1, -0.05) is 62.2 Å². The number of anilines is 1. The van der Waals surface area contributed by atoms with Crippen molar-refractivity contribution in [3.8, 4) is 5.75 Å². The van der Waals surface area contributed by atoms with E-state index in [4.69, 9.17) is 4.74 Å². The summed E-state index contributed by atoms with van der Waals surface area (Å²) in [6.45, 7) is 5.45. The summed E-state index contributed by atoms with van der Waals surface area (Å²) < 4.78 is 5.52. The standard InChI is InChI=1S/C26H31N3O3/c1-3-4-10-15-29-25(30)23(20-11-6-5-7-12-20)24(26(29)31)28-18-16-27(17-19-28)21-13-8-9-14-22(21)32-2/h5-9,11-14H,3-4,10,15-19H2,1-2H3. The zero-order chi connectivity index (χ0) is 22.5. The van der Waals surface area contributed by atoms with Gasteiger partial charge < -0.3 is 14.5 Å². The number of amides is 2. The van der Waals surface area contributed by atoms with Gasteiger partial charge in [0.05, 0.1) is 18.4 Å². The highest BCUT2D eigenvalue weighted by Crippen LogP contribution is 2.34. The van der Waals surface area contributed by atoms with Crippen LogP contribution in [0.2, 0.25) is 0 Å². The van der Waals surface area contributed by atoms with Gasteiger partial charge in [-0.2, -0.15) is 0 Å². The third-order valence-electron chi connectivity index (χ3n) is 6.21. The van der Waals surface area contributed by atoms with Gasteiger partial charge in [0.2, 0.25) is 0 Å². The van der Waals surface area contributed by atoms with Crippen LogP contribution in [0.3, 0.4) is 0 Å². The van der Waals surface area contributed by atoms with Crippen LogP contribution >= 0.6 is 0 Å². The number of methoxy groups -OCH3 is 1. The Bertz CT molecular complexity index is 994. The van der Waals surface area contributed by atoms with Crippen LogP contribution in [0, 0.1) is 0 Å². The van der Waals surface area contributed by atoms with E-state index in [1.807, 2.05) is 48.5 Å². The highest BCUT2D eigenvalue weighted by atomic mass is 16.5. The molecule has 2 aromatic carbocycles. The molecular weight excluding hydrogens is 402 g/mol. The number of para-hydroxylation sites is 2. The number of benzene rings is 2. The first-order valence-corrected chi connectivity index (χ1v) is 11.4. The molecule has 4 rings (SSSR count). The number of ether oxygens (including phenoxy) is 1. The molecule has 0 aromatic heterocycles. The second-order valence-corrected chi connectivity index (χ2v) is 8.20. The molecular formula is C26H31N3O3. The maximum absolute atomic E-state index is 13.4. The number of imide groups is 1. The molecule has 0 saturated carbocycles. The molecule has 2 aliphatic heterocycles. The SMILES string of the molecule is CCCCCN1C(=O)C(c2ccccc2)=C(N2CCN(c3ccccc3OC)CC2)C1=O. The Morgan fingerprint density at radius 3 is 2.16 bits per heavy atom. The van der Waals surface area contributed by atoms with Crippen molar-refractivity contribution in [2.24, 2.45) is 0 Å². The number of carbonyl (C=O) groups is 2. The molecule has 6 heteroatoms. The monoisotopic (exact) mass is 433 g/mol. The molecule has 0 bridgehead atoms. The lowest BCUT2D eigenvalue weighted by Crippen LogP contribution is -2.47. The topological polar surface area (TPSA) is 53.1 Å². The fraction of sp³-hybridized carbons (Fsp3) is 0.385. The minimum Gasteiger partial charge on any atom is -0.495 e. The van der Waals surface area contributed by atoms with Crippen molar-refractivity contribution in [3.63, 3.8) is 0 Å². The lowest BCUT2D eigenvalue weighted by atomic mass is 10.0. The van der Waals surface area contributed by atoms with E-state index in [9.17, 15) is 9.59 Å². The molecule has 2 amide bonds. The van der Waals surface area contributed by atoms with Crippen molar-refractivity contribution >= 4 is 23.1 Å². The van der Waals surface area contributed by atoms with Gasteiger partial charge in [0.25, 0.3) is 11.8 Å². The molecule has 2 heterocycles. The predicted octanol–water partition coefficient (Wildman–Crippen LogP) is 3.79. The third kappa shape index (κ3) is 4.22. The van der Waals surface area contributed by atoms with Gasteiger partial charge in [-0.25, -0.2) is 0 Å². The third-order valence-corrected chi connectivity index (χ3v) is 6.21. The van der Waals surface area contributed by atoms with E-state index in [0.29, 0.717) is 30.9 Å². The van der Waals surface area contributed by atoms with Gasteiger partial charge in [-0.05, 0) is 24.1 Å². The summed E-state index contributed by atoms with van der Waals surface area (Å²) >= 11 is 0. The van der Waals surface area contributed by atoms with E-state index in [1.54, 1.807) is 7.11 Å². The van der Waals surface area contributed by atoms with E-state index in [1.165, 1.54) is 4.90 Å². The molecule has 168 valence electrons. The Morgan fingerprint density at radius 2 is 1.47 bits per heavy atom. The van der Waals surface area contributed by atoms with Crippen LogP contribution in [0.4, 0.5) is 5.69 Å². The molecule has 0 atom stereocenters. The Labute approximate surface area is 190 Å². The molecule has 32 heavy (non-hydrogen) atoms. The number of unbranched alkanes of at least 4 members (excludes halogenated alkanes) is 2. The number of carbonyl (C=O) groups excluding carboxylic acids is 2. The highest BCUT2D eigenvalue weighted by molar-refractivity contribution is 6.35. The van der Waals surface area contributed by atoms with Crippen molar-refractivity contribution < 1.29 is 14.3 Å². The number of rotatable bonds is 8. The molecule has 1 fully saturated rings. The van der Waals surface area contributed by atoms with Crippen LogP contribution in [0.25, 0.3) is 5.57 Å². The number of nitrogens with zero attached hydrogens (tertiary/aromatic N) is 3. The van der Waals surface area contributed by atoms with Gasteiger partial charge in [0.1, 0.15) is 11.4 Å². The molecule has 0 unspecified atom stereocenters. The van der Waals surface area contributed by atoms with Crippen molar-refractivity contribution in [1.29, 1.82) is 0 Å². The summed E-state index contributed by atoms with van der Waals surface area (Å²) in [7, 11) is 1.68. The lowest BCUT2D eigenvalue weighted by molar-refractivity contribution is -0.137. The van der Waals surface area contributed by atoms with Crippen molar-refractivity contribution in [3.05, 3.63) is 65.9 Å². The molecule has 2 aliphatic rings. The van der Waals surface area contributed by atoms with Crippen LogP contribution < -0.4 is 9.64 Å². The summed E-state index contributed by atoms with van der Waals surface area (Å²) in [5, 5.41) is 0. The zero-order valence-corrected chi connectivity index (χ0v) is 18.9. The van der Waals surface area contributed by atoms with Gasteiger partial charge in [0.15, 0.2) is 0 Å². The molecule has 6 nitrogen and oxygen atoms in total.